The highest BCUT2D eigenvalue weighted by Crippen LogP contribution is 2.08. The molecule has 0 unspecified atom stereocenters. The Hall–Kier alpha value is -1.07. The van der Waals surface area contributed by atoms with Gasteiger partial charge in [0, 0.05) is 12.2 Å². The molecule has 1 rings (SSSR count). The second-order valence-electron chi connectivity index (χ2n) is 3.43. The van der Waals surface area contributed by atoms with E-state index in [1.807, 2.05) is 31.2 Å². The number of hydrogen-bond donors (Lipinski definition) is 2. The summed E-state index contributed by atoms with van der Waals surface area (Å²) >= 11 is 0. The Bertz CT molecular complexity index is 397. The second-order valence-corrected chi connectivity index (χ2v) is 5.00. The lowest BCUT2D eigenvalue weighted by Crippen LogP contribution is -2.10. The Labute approximate surface area is 90.1 Å². The molecular formula is C10H15NO3S. The summed E-state index contributed by atoms with van der Waals surface area (Å²) in [5, 5.41) is 3.07. The molecule has 0 aliphatic carbocycles. The number of rotatable bonds is 5. The molecule has 0 aliphatic heterocycles. The van der Waals surface area contributed by atoms with Crippen LogP contribution in [0.1, 0.15) is 12.0 Å². The van der Waals surface area contributed by atoms with E-state index in [2.05, 4.69) is 5.32 Å². The highest BCUT2D eigenvalue weighted by molar-refractivity contribution is 7.85. The molecule has 0 radical (unpaired) electrons. The summed E-state index contributed by atoms with van der Waals surface area (Å²) in [5.74, 6) is -0.203. The van der Waals surface area contributed by atoms with Gasteiger partial charge in [-0.3, -0.25) is 4.55 Å². The fourth-order valence-corrected chi connectivity index (χ4v) is 1.67. The van der Waals surface area contributed by atoms with E-state index in [1.54, 1.807) is 0 Å². The third-order valence-electron chi connectivity index (χ3n) is 1.96. The van der Waals surface area contributed by atoms with E-state index in [0.717, 1.165) is 5.69 Å². The molecule has 0 bridgehead atoms. The standard InChI is InChI=1S/C10H15NO3S/c1-9-3-5-10(6-4-9)11-7-2-8-15(12,13)14/h3-6,11H,2,7-8H2,1H3,(H,12,13,14). The molecule has 1 aromatic carbocycles. The predicted octanol–water partition coefficient (Wildman–Crippen LogP) is 1.68. The predicted molar refractivity (Wildman–Crippen MR) is 60.7 cm³/mol. The van der Waals surface area contributed by atoms with Crippen LogP contribution < -0.4 is 5.32 Å². The van der Waals surface area contributed by atoms with Crippen LogP contribution in [0.25, 0.3) is 0 Å². The van der Waals surface area contributed by atoms with E-state index in [-0.39, 0.29) is 5.75 Å². The lowest BCUT2D eigenvalue weighted by molar-refractivity contribution is 0.481. The van der Waals surface area contributed by atoms with Crippen LogP contribution in [-0.4, -0.2) is 25.3 Å². The minimum absolute atomic E-state index is 0.203. The van der Waals surface area contributed by atoms with E-state index < -0.39 is 10.1 Å². The van der Waals surface area contributed by atoms with Crippen molar-refractivity contribution in [1.82, 2.24) is 0 Å². The van der Waals surface area contributed by atoms with Gasteiger partial charge in [-0.05, 0) is 25.5 Å². The second kappa shape index (κ2) is 5.14. The molecule has 5 heteroatoms. The minimum atomic E-state index is -3.83. The van der Waals surface area contributed by atoms with Crippen LogP contribution in [0, 0.1) is 6.92 Å². The van der Waals surface area contributed by atoms with Gasteiger partial charge in [0.05, 0.1) is 5.75 Å². The van der Waals surface area contributed by atoms with Gasteiger partial charge in [0.15, 0.2) is 0 Å². The van der Waals surface area contributed by atoms with Gasteiger partial charge in [-0.1, -0.05) is 17.7 Å². The molecule has 4 nitrogen and oxygen atoms in total. The van der Waals surface area contributed by atoms with E-state index in [4.69, 9.17) is 4.55 Å². The van der Waals surface area contributed by atoms with Gasteiger partial charge in [-0.2, -0.15) is 8.42 Å². The third-order valence-corrected chi connectivity index (χ3v) is 2.76. The van der Waals surface area contributed by atoms with Crippen molar-refractivity contribution >= 4 is 15.8 Å². The maximum absolute atomic E-state index is 10.4. The quantitative estimate of drug-likeness (QED) is 0.595. The first-order valence-corrected chi connectivity index (χ1v) is 6.34. The molecule has 2 N–H and O–H groups in total. The molecule has 15 heavy (non-hydrogen) atoms. The van der Waals surface area contributed by atoms with Gasteiger partial charge < -0.3 is 5.32 Å². The summed E-state index contributed by atoms with van der Waals surface area (Å²) < 4.78 is 29.3. The van der Waals surface area contributed by atoms with Crippen molar-refractivity contribution < 1.29 is 13.0 Å². The van der Waals surface area contributed by atoms with Crippen molar-refractivity contribution in [2.75, 3.05) is 17.6 Å². The molecule has 84 valence electrons. The lowest BCUT2D eigenvalue weighted by atomic mass is 10.2. The van der Waals surface area contributed by atoms with Gasteiger partial charge in [0.1, 0.15) is 0 Å². The molecule has 0 saturated heterocycles. The highest BCUT2D eigenvalue weighted by Gasteiger charge is 2.02. The monoisotopic (exact) mass is 229 g/mol. The zero-order valence-corrected chi connectivity index (χ0v) is 9.42. The summed E-state index contributed by atoms with van der Waals surface area (Å²) in [6.07, 6.45) is 0.396. The number of anilines is 1. The Morgan fingerprint density at radius 2 is 1.87 bits per heavy atom. The molecule has 1 aromatic rings. The Balaban J connectivity index is 2.29. The molecule has 0 aromatic heterocycles. The largest absolute Gasteiger partial charge is 0.385 e. The smallest absolute Gasteiger partial charge is 0.264 e. The third kappa shape index (κ3) is 5.39. The Morgan fingerprint density at radius 1 is 1.27 bits per heavy atom. The first-order valence-electron chi connectivity index (χ1n) is 4.73. The van der Waals surface area contributed by atoms with Crippen LogP contribution in [0.15, 0.2) is 24.3 Å². The Morgan fingerprint density at radius 3 is 2.40 bits per heavy atom. The van der Waals surface area contributed by atoms with Gasteiger partial charge >= 0.3 is 0 Å². The van der Waals surface area contributed by atoms with Crippen LogP contribution in [0.4, 0.5) is 5.69 Å². The van der Waals surface area contributed by atoms with E-state index in [0.29, 0.717) is 13.0 Å². The molecule has 0 aliphatic rings. The lowest BCUT2D eigenvalue weighted by Gasteiger charge is -2.05. The van der Waals surface area contributed by atoms with Crippen molar-refractivity contribution in [3.05, 3.63) is 29.8 Å². The van der Waals surface area contributed by atoms with Gasteiger partial charge in [-0.15, -0.1) is 0 Å². The van der Waals surface area contributed by atoms with Crippen LogP contribution >= 0.6 is 0 Å². The number of aryl methyl sites for hydroxylation is 1. The van der Waals surface area contributed by atoms with Crippen LogP contribution in [0.2, 0.25) is 0 Å². The maximum atomic E-state index is 10.4. The van der Waals surface area contributed by atoms with Crippen LogP contribution in [0.5, 0.6) is 0 Å². The molecule has 0 heterocycles. The van der Waals surface area contributed by atoms with E-state index in [9.17, 15) is 8.42 Å². The molecule has 0 saturated carbocycles. The van der Waals surface area contributed by atoms with Gasteiger partial charge in [0.2, 0.25) is 0 Å². The molecule has 0 atom stereocenters. The zero-order chi connectivity index (χ0) is 11.3. The maximum Gasteiger partial charge on any atom is 0.264 e. The fraction of sp³-hybridized carbons (Fsp3) is 0.400. The number of benzene rings is 1. The SMILES string of the molecule is Cc1ccc(NCCCS(=O)(=O)O)cc1. The van der Waals surface area contributed by atoms with Crippen molar-refractivity contribution in [1.29, 1.82) is 0 Å². The van der Waals surface area contributed by atoms with Crippen molar-refractivity contribution in [2.45, 2.75) is 13.3 Å². The van der Waals surface area contributed by atoms with Crippen LogP contribution in [-0.2, 0) is 10.1 Å². The molecule has 0 spiro atoms. The topological polar surface area (TPSA) is 66.4 Å². The molecular weight excluding hydrogens is 214 g/mol. The summed E-state index contributed by atoms with van der Waals surface area (Å²) in [6.45, 7) is 2.53. The van der Waals surface area contributed by atoms with E-state index in [1.165, 1.54) is 5.56 Å². The average Bonchev–Trinajstić information content (AvgIpc) is 2.14. The van der Waals surface area contributed by atoms with E-state index >= 15 is 0 Å². The van der Waals surface area contributed by atoms with Crippen molar-refractivity contribution in [2.24, 2.45) is 0 Å². The van der Waals surface area contributed by atoms with Crippen molar-refractivity contribution in [3.8, 4) is 0 Å². The van der Waals surface area contributed by atoms with Crippen molar-refractivity contribution in [3.63, 3.8) is 0 Å². The first kappa shape index (κ1) is 12.0. The number of nitrogens with one attached hydrogen (secondary N) is 1. The first-order chi connectivity index (χ1) is 6.97. The summed E-state index contributed by atoms with van der Waals surface area (Å²) in [6, 6.07) is 7.82. The normalized spacial score (nSPS) is 11.3. The van der Waals surface area contributed by atoms with Crippen LogP contribution in [0.3, 0.4) is 0 Å². The highest BCUT2D eigenvalue weighted by atomic mass is 32.2. The minimum Gasteiger partial charge on any atom is -0.385 e. The summed E-state index contributed by atoms with van der Waals surface area (Å²) in [4.78, 5) is 0. The zero-order valence-electron chi connectivity index (χ0n) is 8.60. The fourth-order valence-electron chi connectivity index (χ4n) is 1.16. The number of hydrogen-bond acceptors (Lipinski definition) is 3. The van der Waals surface area contributed by atoms with Gasteiger partial charge in [-0.25, -0.2) is 0 Å². The Kier molecular flexibility index (Phi) is 4.11. The summed E-state index contributed by atoms with van der Waals surface area (Å²) in [7, 11) is -3.83. The summed E-state index contributed by atoms with van der Waals surface area (Å²) in [5.41, 5.74) is 2.13. The average molecular weight is 229 g/mol. The molecule has 0 fully saturated rings. The van der Waals surface area contributed by atoms with Gasteiger partial charge in [0.25, 0.3) is 10.1 Å². The molecule has 0 amide bonds.